The first-order valence-electron chi connectivity index (χ1n) is 8.48. The number of hydrogen-bond acceptors (Lipinski definition) is 2. The molecule has 19 heavy (non-hydrogen) atoms. The lowest BCUT2D eigenvalue weighted by Crippen LogP contribution is -2.48. The highest BCUT2D eigenvalue weighted by Gasteiger charge is 2.35. The van der Waals surface area contributed by atoms with E-state index in [0.717, 1.165) is 17.8 Å². The van der Waals surface area contributed by atoms with E-state index in [9.17, 15) is 0 Å². The van der Waals surface area contributed by atoms with Crippen molar-refractivity contribution >= 4 is 0 Å². The number of hydrazine groups is 1. The molecule has 1 unspecified atom stereocenters. The Morgan fingerprint density at radius 2 is 1.37 bits per heavy atom. The highest BCUT2D eigenvalue weighted by atomic mass is 15.2. The van der Waals surface area contributed by atoms with E-state index < -0.39 is 0 Å². The molecule has 0 aromatic rings. The molecular weight excluding hydrogens is 232 g/mol. The summed E-state index contributed by atoms with van der Waals surface area (Å²) >= 11 is 0. The van der Waals surface area contributed by atoms with Gasteiger partial charge in [0.1, 0.15) is 0 Å². The van der Waals surface area contributed by atoms with Crippen LogP contribution in [0.2, 0.25) is 0 Å². The zero-order valence-corrected chi connectivity index (χ0v) is 13.3. The normalized spacial score (nSPS) is 32.2. The van der Waals surface area contributed by atoms with E-state index in [1.54, 1.807) is 0 Å². The molecule has 0 amide bonds. The molecule has 0 heterocycles. The molecule has 1 atom stereocenters. The first kappa shape index (κ1) is 15.3. The Balaban J connectivity index is 1.87. The maximum atomic E-state index is 5.90. The topological polar surface area (TPSA) is 38.0 Å². The van der Waals surface area contributed by atoms with Crippen LogP contribution >= 0.6 is 0 Å². The standard InChI is InChI=1S/C17H34N2/c1-17(2,3)15-11-9-14(10-12-15)16(19-18)13-7-5-4-6-8-13/h13-16,19H,4-12,18H2,1-3H3. The monoisotopic (exact) mass is 266 g/mol. The lowest BCUT2D eigenvalue weighted by molar-refractivity contribution is 0.107. The van der Waals surface area contributed by atoms with Crippen molar-refractivity contribution in [2.45, 2.75) is 84.6 Å². The van der Waals surface area contributed by atoms with Crippen LogP contribution in [0.15, 0.2) is 0 Å². The van der Waals surface area contributed by atoms with Crippen molar-refractivity contribution in [1.82, 2.24) is 5.43 Å². The fourth-order valence-corrected chi connectivity index (χ4v) is 4.49. The van der Waals surface area contributed by atoms with Gasteiger partial charge in [0.25, 0.3) is 0 Å². The van der Waals surface area contributed by atoms with Crippen molar-refractivity contribution in [2.24, 2.45) is 29.0 Å². The summed E-state index contributed by atoms with van der Waals surface area (Å²) in [7, 11) is 0. The molecule has 0 bridgehead atoms. The Morgan fingerprint density at radius 1 is 0.842 bits per heavy atom. The van der Waals surface area contributed by atoms with Crippen LogP contribution in [0.5, 0.6) is 0 Å². The highest BCUT2D eigenvalue weighted by molar-refractivity contribution is 4.89. The molecule has 2 rings (SSSR count). The summed E-state index contributed by atoms with van der Waals surface area (Å²) in [5.41, 5.74) is 3.68. The average Bonchev–Trinajstić information content (AvgIpc) is 2.40. The molecule has 2 aliphatic carbocycles. The molecule has 2 fully saturated rings. The van der Waals surface area contributed by atoms with Crippen LogP contribution in [0.4, 0.5) is 0 Å². The number of nitrogens with one attached hydrogen (secondary N) is 1. The third kappa shape index (κ3) is 3.95. The fraction of sp³-hybridized carbons (Fsp3) is 1.00. The minimum absolute atomic E-state index is 0.488. The molecule has 0 aromatic carbocycles. The molecule has 2 aliphatic rings. The van der Waals surface area contributed by atoms with Crippen molar-refractivity contribution in [3.8, 4) is 0 Å². The lowest BCUT2D eigenvalue weighted by Gasteiger charge is -2.42. The Kier molecular flexibility index (Phi) is 5.30. The Bertz CT molecular complexity index is 255. The molecule has 0 spiro atoms. The number of nitrogens with two attached hydrogens (primary N) is 1. The summed E-state index contributed by atoms with van der Waals surface area (Å²) in [4.78, 5) is 0. The third-order valence-corrected chi connectivity index (χ3v) is 5.85. The van der Waals surface area contributed by atoms with Crippen molar-refractivity contribution in [2.75, 3.05) is 0 Å². The molecule has 2 saturated carbocycles. The van der Waals surface area contributed by atoms with Crippen LogP contribution in [0.25, 0.3) is 0 Å². The second kappa shape index (κ2) is 6.58. The molecule has 3 N–H and O–H groups in total. The smallest absolute Gasteiger partial charge is 0.0266 e. The Morgan fingerprint density at radius 3 is 1.84 bits per heavy atom. The summed E-state index contributed by atoms with van der Waals surface area (Å²) in [6, 6.07) is 0.584. The Hall–Kier alpha value is -0.0800. The first-order chi connectivity index (χ1) is 9.02. The van der Waals surface area contributed by atoms with Gasteiger partial charge in [0.15, 0.2) is 0 Å². The first-order valence-corrected chi connectivity index (χ1v) is 8.48. The molecule has 0 radical (unpaired) electrons. The van der Waals surface area contributed by atoms with Crippen molar-refractivity contribution in [3.05, 3.63) is 0 Å². The van der Waals surface area contributed by atoms with Gasteiger partial charge in [-0.2, -0.15) is 0 Å². The molecule has 0 saturated heterocycles. The molecule has 0 aliphatic heterocycles. The molecule has 112 valence electrons. The van der Waals surface area contributed by atoms with Crippen LogP contribution < -0.4 is 11.3 Å². The summed E-state index contributed by atoms with van der Waals surface area (Å²) < 4.78 is 0. The van der Waals surface area contributed by atoms with Gasteiger partial charge in [-0.3, -0.25) is 11.3 Å². The van der Waals surface area contributed by atoms with E-state index in [2.05, 4.69) is 26.2 Å². The van der Waals surface area contributed by atoms with Crippen LogP contribution in [-0.2, 0) is 0 Å². The molecular formula is C17H34N2. The van der Waals surface area contributed by atoms with Gasteiger partial charge >= 0.3 is 0 Å². The van der Waals surface area contributed by atoms with Gasteiger partial charge in [-0.15, -0.1) is 0 Å². The van der Waals surface area contributed by atoms with Gasteiger partial charge in [-0.1, -0.05) is 40.0 Å². The van der Waals surface area contributed by atoms with Gasteiger partial charge in [-0.05, 0) is 61.7 Å². The average molecular weight is 266 g/mol. The van der Waals surface area contributed by atoms with E-state index in [0.29, 0.717) is 11.5 Å². The predicted molar refractivity (Wildman–Crippen MR) is 82.6 cm³/mol. The second-order valence-electron chi connectivity index (χ2n) is 8.07. The van der Waals surface area contributed by atoms with Gasteiger partial charge < -0.3 is 0 Å². The van der Waals surface area contributed by atoms with Gasteiger partial charge in [0, 0.05) is 6.04 Å². The van der Waals surface area contributed by atoms with Crippen LogP contribution in [0.1, 0.15) is 78.6 Å². The summed E-state index contributed by atoms with van der Waals surface area (Å²) in [5.74, 6) is 8.48. The van der Waals surface area contributed by atoms with E-state index in [1.807, 2.05) is 0 Å². The maximum absolute atomic E-state index is 5.90. The summed E-state index contributed by atoms with van der Waals surface area (Å²) in [5, 5.41) is 0. The van der Waals surface area contributed by atoms with Crippen molar-refractivity contribution in [1.29, 1.82) is 0 Å². The predicted octanol–water partition coefficient (Wildman–Crippen LogP) is 4.25. The van der Waals surface area contributed by atoms with E-state index in [1.165, 1.54) is 57.8 Å². The van der Waals surface area contributed by atoms with Crippen LogP contribution in [0.3, 0.4) is 0 Å². The van der Waals surface area contributed by atoms with Crippen molar-refractivity contribution < 1.29 is 0 Å². The number of rotatable bonds is 3. The van der Waals surface area contributed by atoms with Gasteiger partial charge in [0.2, 0.25) is 0 Å². The molecule has 2 nitrogen and oxygen atoms in total. The number of hydrogen-bond donors (Lipinski definition) is 2. The summed E-state index contributed by atoms with van der Waals surface area (Å²) in [6.45, 7) is 7.20. The summed E-state index contributed by atoms with van der Waals surface area (Å²) in [6.07, 6.45) is 12.6. The maximum Gasteiger partial charge on any atom is 0.0266 e. The largest absolute Gasteiger partial charge is 0.271 e. The zero-order chi connectivity index (χ0) is 13.9. The van der Waals surface area contributed by atoms with Gasteiger partial charge in [0.05, 0.1) is 0 Å². The third-order valence-electron chi connectivity index (χ3n) is 5.85. The fourth-order valence-electron chi connectivity index (χ4n) is 4.49. The Labute approximate surface area is 119 Å². The van der Waals surface area contributed by atoms with E-state index in [4.69, 9.17) is 5.84 Å². The SMILES string of the molecule is CC(C)(C)C1CCC(C(NN)C2CCCCC2)CC1. The quantitative estimate of drug-likeness (QED) is 0.592. The van der Waals surface area contributed by atoms with Crippen LogP contribution in [0, 0.1) is 23.2 Å². The highest BCUT2D eigenvalue weighted by Crippen LogP contribution is 2.42. The lowest BCUT2D eigenvalue weighted by atomic mass is 9.66. The second-order valence-corrected chi connectivity index (χ2v) is 8.07. The van der Waals surface area contributed by atoms with E-state index in [-0.39, 0.29) is 0 Å². The van der Waals surface area contributed by atoms with Crippen LogP contribution in [-0.4, -0.2) is 6.04 Å². The van der Waals surface area contributed by atoms with Gasteiger partial charge in [-0.25, -0.2) is 0 Å². The molecule has 2 heteroatoms. The minimum atomic E-state index is 0.488. The van der Waals surface area contributed by atoms with E-state index >= 15 is 0 Å². The molecule has 0 aromatic heterocycles. The minimum Gasteiger partial charge on any atom is -0.271 e. The van der Waals surface area contributed by atoms with Crippen molar-refractivity contribution in [3.63, 3.8) is 0 Å². The zero-order valence-electron chi connectivity index (χ0n) is 13.3.